The first-order valence-corrected chi connectivity index (χ1v) is 5.03. The van der Waals surface area contributed by atoms with Crippen molar-refractivity contribution in [2.45, 2.75) is 12.3 Å². The van der Waals surface area contributed by atoms with Crippen LogP contribution in [-0.4, -0.2) is 26.1 Å². The second-order valence-corrected chi connectivity index (χ2v) is 3.98. The van der Waals surface area contributed by atoms with E-state index in [4.69, 9.17) is 9.47 Å². The average molecular weight is 224 g/mol. The Kier molecular flexibility index (Phi) is 2.68. The molecule has 1 aliphatic heterocycles. The van der Waals surface area contributed by atoms with Crippen LogP contribution in [0.3, 0.4) is 0 Å². The van der Waals surface area contributed by atoms with Crippen LogP contribution in [0.4, 0.5) is 4.39 Å². The van der Waals surface area contributed by atoms with Gasteiger partial charge in [0.15, 0.2) is 0 Å². The second-order valence-electron chi connectivity index (χ2n) is 3.98. The third kappa shape index (κ3) is 1.50. The minimum atomic E-state index is -0.729. The third-order valence-electron chi connectivity index (χ3n) is 3.05. The highest BCUT2D eigenvalue weighted by molar-refractivity contribution is 5.90. The van der Waals surface area contributed by atoms with Crippen molar-refractivity contribution in [3.63, 3.8) is 0 Å². The van der Waals surface area contributed by atoms with Crippen molar-refractivity contribution < 1.29 is 18.7 Å². The lowest BCUT2D eigenvalue weighted by atomic mass is 9.75. The zero-order valence-electron chi connectivity index (χ0n) is 9.25. The number of rotatable bonds is 3. The highest BCUT2D eigenvalue weighted by atomic mass is 19.1. The maximum Gasteiger partial charge on any atom is 0.145 e. The van der Waals surface area contributed by atoms with E-state index in [1.54, 1.807) is 0 Å². The molecule has 1 heterocycles. The number of carbonyl (C=O) groups is 1. The molecule has 86 valence electrons. The maximum absolute atomic E-state index is 13.2. The predicted molar refractivity (Wildman–Crippen MR) is 56.1 cm³/mol. The Morgan fingerprint density at radius 2 is 2.19 bits per heavy atom. The number of Topliss-reactive ketones (excluding diaryl/α,β-unsaturated/α-hetero) is 1. The van der Waals surface area contributed by atoms with Gasteiger partial charge >= 0.3 is 0 Å². The minimum absolute atomic E-state index is 0.0253. The Hall–Kier alpha value is -1.42. The molecule has 0 atom stereocenters. The first-order chi connectivity index (χ1) is 7.60. The summed E-state index contributed by atoms with van der Waals surface area (Å²) in [6, 6.07) is 4.20. The van der Waals surface area contributed by atoms with Crippen LogP contribution in [0.2, 0.25) is 0 Å². The molecule has 0 radical (unpaired) electrons. The molecule has 0 aliphatic carbocycles. The van der Waals surface area contributed by atoms with Crippen LogP contribution in [0.1, 0.15) is 12.5 Å². The highest BCUT2D eigenvalue weighted by Gasteiger charge is 2.46. The summed E-state index contributed by atoms with van der Waals surface area (Å²) in [6.07, 6.45) is 0. The molecule has 0 saturated carbocycles. The van der Waals surface area contributed by atoms with E-state index in [0.717, 1.165) is 0 Å². The van der Waals surface area contributed by atoms with Crippen LogP contribution in [0.25, 0.3) is 0 Å². The van der Waals surface area contributed by atoms with Crippen molar-refractivity contribution in [1.29, 1.82) is 0 Å². The molecular formula is C12H13FO3. The molecule has 4 heteroatoms. The molecule has 1 aliphatic rings. The van der Waals surface area contributed by atoms with E-state index < -0.39 is 5.41 Å². The summed E-state index contributed by atoms with van der Waals surface area (Å²) in [5, 5.41) is 0. The number of ether oxygens (including phenoxy) is 2. The Balaban J connectivity index is 2.52. The van der Waals surface area contributed by atoms with E-state index in [1.165, 1.54) is 32.2 Å². The van der Waals surface area contributed by atoms with Gasteiger partial charge in [0.1, 0.15) is 22.8 Å². The molecule has 0 unspecified atom stereocenters. The van der Waals surface area contributed by atoms with E-state index >= 15 is 0 Å². The zero-order valence-corrected chi connectivity index (χ0v) is 9.25. The van der Waals surface area contributed by atoms with E-state index in [2.05, 4.69) is 0 Å². The number of benzene rings is 1. The lowest BCUT2D eigenvalue weighted by Crippen LogP contribution is -2.52. The molecular weight excluding hydrogens is 211 g/mol. The molecule has 3 nitrogen and oxygen atoms in total. The quantitative estimate of drug-likeness (QED) is 0.783. The number of carbonyl (C=O) groups excluding carboxylic acids is 1. The molecule has 0 spiro atoms. The van der Waals surface area contributed by atoms with E-state index in [1.807, 2.05) is 0 Å². The van der Waals surface area contributed by atoms with Crippen LogP contribution in [0.5, 0.6) is 5.75 Å². The van der Waals surface area contributed by atoms with Crippen molar-refractivity contribution in [3.05, 3.63) is 29.6 Å². The fourth-order valence-electron chi connectivity index (χ4n) is 1.91. The minimum Gasteiger partial charge on any atom is -0.496 e. The van der Waals surface area contributed by atoms with Gasteiger partial charge in [0.25, 0.3) is 0 Å². The fraction of sp³-hybridized carbons (Fsp3) is 0.417. The van der Waals surface area contributed by atoms with Crippen molar-refractivity contribution in [1.82, 2.24) is 0 Å². The summed E-state index contributed by atoms with van der Waals surface area (Å²) in [5.41, 5.74) is -0.151. The molecule has 0 amide bonds. The molecule has 16 heavy (non-hydrogen) atoms. The molecule has 1 aromatic carbocycles. The summed E-state index contributed by atoms with van der Waals surface area (Å²) in [7, 11) is 1.50. The van der Waals surface area contributed by atoms with Gasteiger partial charge in [-0.25, -0.2) is 4.39 Å². The Morgan fingerprint density at radius 1 is 1.50 bits per heavy atom. The third-order valence-corrected chi connectivity index (χ3v) is 3.05. The largest absolute Gasteiger partial charge is 0.496 e. The van der Waals surface area contributed by atoms with Crippen LogP contribution in [-0.2, 0) is 14.9 Å². The summed E-state index contributed by atoms with van der Waals surface area (Å²) in [5.74, 6) is 0.130. The zero-order chi connectivity index (χ0) is 11.8. The summed E-state index contributed by atoms with van der Waals surface area (Å²) in [4.78, 5) is 11.7. The van der Waals surface area contributed by atoms with Gasteiger partial charge in [-0.3, -0.25) is 4.79 Å². The van der Waals surface area contributed by atoms with Crippen molar-refractivity contribution >= 4 is 5.78 Å². The van der Waals surface area contributed by atoms with Gasteiger partial charge < -0.3 is 9.47 Å². The average Bonchev–Trinajstić information content (AvgIpc) is 2.15. The number of methoxy groups -OCH3 is 1. The lowest BCUT2D eigenvalue weighted by molar-refractivity contribution is -0.140. The second kappa shape index (κ2) is 3.87. The number of ketones is 1. The normalized spacial score (nSPS) is 17.7. The van der Waals surface area contributed by atoms with Crippen LogP contribution in [0, 0.1) is 5.82 Å². The monoisotopic (exact) mass is 224 g/mol. The van der Waals surface area contributed by atoms with Gasteiger partial charge in [-0.05, 0) is 25.1 Å². The molecule has 0 aromatic heterocycles. The summed E-state index contributed by atoms with van der Waals surface area (Å²) < 4.78 is 23.5. The van der Waals surface area contributed by atoms with E-state index in [-0.39, 0.29) is 11.6 Å². The topological polar surface area (TPSA) is 35.5 Å². The molecule has 0 N–H and O–H groups in total. The van der Waals surface area contributed by atoms with Gasteiger partial charge in [0.05, 0.1) is 20.3 Å². The SMILES string of the molecule is COc1ccc(F)cc1C1(C(C)=O)COC1. The van der Waals surface area contributed by atoms with Gasteiger partial charge in [-0.2, -0.15) is 0 Å². The standard InChI is InChI=1S/C12H13FO3/c1-8(14)12(6-16-7-12)10-5-9(13)3-4-11(10)15-2/h3-5H,6-7H2,1-2H3. The van der Waals surface area contributed by atoms with Crippen LogP contribution < -0.4 is 4.74 Å². The Bertz CT molecular complexity index is 424. The van der Waals surface area contributed by atoms with Crippen molar-refractivity contribution in [2.75, 3.05) is 20.3 Å². The first-order valence-electron chi connectivity index (χ1n) is 5.03. The molecule has 1 fully saturated rings. The molecule has 2 rings (SSSR count). The van der Waals surface area contributed by atoms with E-state index in [0.29, 0.717) is 24.5 Å². The lowest BCUT2D eigenvalue weighted by Gasteiger charge is -2.40. The van der Waals surface area contributed by atoms with Gasteiger partial charge in [0, 0.05) is 5.56 Å². The number of halogens is 1. The molecule has 1 aromatic rings. The summed E-state index contributed by atoms with van der Waals surface area (Å²) >= 11 is 0. The Morgan fingerprint density at radius 3 is 2.62 bits per heavy atom. The van der Waals surface area contributed by atoms with Gasteiger partial charge in [-0.1, -0.05) is 0 Å². The van der Waals surface area contributed by atoms with Crippen LogP contribution in [0.15, 0.2) is 18.2 Å². The van der Waals surface area contributed by atoms with Gasteiger partial charge in [-0.15, -0.1) is 0 Å². The van der Waals surface area contributed by atoms with Crippen molar-refractivity contribution in [2.24, 2.45) is 0 Å². The van der Waals surface area contributed by atoms with Crippen molar-refractivity contribution in [3.8, 4) is 5.75 Å². The number of hydrogen-bond donors (Lipinski definition) is 0. The van der Waals surface area contributed by atoms with E-state index in [9.17, 15) is 9.18 Å². The smallest absolute Gasteiger partial charge is 0.145 e. The van der Waals surface area contributed by atoms with Crippen LogP contribution >= 0.6 is 0 Å². The fourth-order valence-corrected chi connectivity index (χ4v) is 1.91. The molecule has 0 bridgehead atoms. The predicted octanol–water partition coefficient (Wildman–Crippen LogP) is 1.69. The molecule has 1 saturated heterocycles. The first kappa shape index (κ1) is 11.1. The summed E-state index contributed by atoms with van der Waals surface area (Å²) in [6.45, 7) is 2.08. The number of hydrogen-bond acceptors (Lipinski definition) is 3. The maximum atomic E-state index is 13.2. The highest BCUT2D eigenvalue weighted by Crippen LogP contribution is 2.39. The van der Waals surface area contributed by atoms with Gasteiger partial charge in [0.2, 0.25) is 0 Å². The Labute approximate surface area is 93.2 Å².